The lowest BCUT2D eigenvalue weighted by atomic mass is 9.96. The molecule has 4 nitrogen and oxygen atoms in total. The van der Waals surface area contributed by atoms with Crippen LogP contribution in [0.3, 0.4) is 0 Å². The Hall–Kier alpha value is -2.88. The molecule has 4 rings (SSSR count). The van der Waals surface area contributed by atoms with Gasteiger partial charge in [-0.15, -0.1) is 0 Å². The van der Waals surface area contributed by atoms with E-state index in [2.05, 4.69) is 35.9 Å². The molecule has 4 heteroatoms. The van der Waals surface area contributed by atoms with Crippen LogP contribution in [0.2, 0.25) is 0 Å². The third-order valence-electron chi connectivity index (χ3n) is 4.29. The molecule has 0 unspecified atom stereocenters. The molecule has 1 aliphatic heterocycles. The Balaban J connectivity index is 1.97. The van der Waals surface area contributed by atoms with Crippen LogP contribution in [0.25, 0.3) is 22.5 Å². The number of rotatable bonds is 1. The van der Waals surface area contributed by atoms with E-state index in [4.69, 9.17) is 4.74 Å². The molecule has 1 N–H and O–H groups in total. The van der Waals surface area contributed by atoms with E-state index < -0.39 is 0 Å². The molecular formula is C19H16N2O2. The van der Waals surface area contributed by atoms with Crippen LogP contribution in [-0.4, -0.2) is 15.1 Å². The molecule has 0 fully saturated rings. The molecule has 0 saturated heterocycles. The quantitative estimate of drug-likeness (QED) is 0.737. The topological polar surface area (TPSA) is 55.2 Å². The molecule has 1 aliphatic rings. The van der Waals surface area contributed by atoms with Gasteiger partial charge in [0.05, 0.1) is 11.4 Å². The zero-order chi connectivity index (χ0) is 16.0. The summed E-state index contributed by atoms with van der Waals surface area (Å²) in [7, 11) is 0. The van der Waals surface area contributed by atoms with E-state index in [1.54, 1.807) is 0 Å². The minimum absolute atomic E-state index is 0.214. The summed E-state index contributed by atoms with van der Waals surface area (Å²) in [6, 6.07) is 13.7. The number of hydrogen-bond donors (Lipinski definition) is 1. The molecule has 2 aromatic carbocycles. The van der Waals surface area contributed by atoms with E-state index in [0.29, 0.717) is 6.61 Å². The summed E-state index contributed by atoms with van der Waals surface area (Å²) in [4.78, 5) is 8.51. The second-order valence-electron chi connectivity index (χ2n) is 5.78. The summed E-state index contributed by atoms with van der Waals surface area (Å²) >= 11 is 0. The second kappa shape index (κ2) is 5.09. The Bertz CT molecular complexity index is 919. The molecule has 1 aromatic heterocycles. The van der Waals surface area contributed by atoms with Crippen LogP contribution < -0.4 is 4.74 Å². The van der Waals surface area contributed by atoms with Crippen LogP contribution in [0.15, 0.2) is 42.5 Å². The fourth-order valence-corrected chi connectivity index (χ4v) is 2.90. The Morgan fingerprint density at radius 2 is 1.74 bits per heavy atom. The van der Waals surface area contributed by atoms with Crippen molar-refractivity contribution in [3.63, 3.8) is 0 Å². The maximum Gasteiger partial charge on any atom is 0.315 e. The minimum Gasteiger partial charge on any atom is -0.488 e. The lowest BCUT2D eigenvalue weighted by molar-refractivity contribution is 0.300. The van der Waals surface area contributed by atoms with Gasteiger partial charge < -0.3 is 9.84 Å². The first kappa shape index (κ1) is 13.8. The van der Waals surface area contributed by atoms with Crippen LogP contribution in [0, 0.1) is 13.8 Å². The Morgan fingerprint density at radius 1 is 0.957 bits per heavy atom. The summed E-state index contributed by atoms with van der Waals surface area (Å²) in [5.74, 6) is 0.782. The molecule has 0 aliphatic carbocycles. The van der Waals surface area contributed by atoms with Crippen molar-refractivity contribution in [3.8, 4) is 34.3 Å². The van der Waals surface area contributed by atoms with Crippen molar-refractivity contribution in [2.75, 3.05) is 0 Å². The van der Waals surface area contributed by atoms with Crippen molar-refractivity contribution in [2.24, 2.45) is 0 Å². The lowest BCUT2D eigenvalue weighted by Crippen LogP contribution is -2.10. The van der Waals surface area contributed by atoms with Crippen LogP contribution in [-0.2, 0) is 6.61 Å². The number of benzene rings is 2. The van der Waals surface area contributed by atoms with Gasteiger partial charge in [0.1, 0.15) is 12.4 Å². The second-order valence-corrected chi connectivity index (χ2v) is 5.78. The standard InChI is InChI=1S/C19H16N2O2/c1-11-7-8-13(9-12(11)2)17-15-10-23-16-6-4-3-5-14(16)18(15)21-19(22)20-17/h3-9H,10H2,1-2H3,(H,20,21,22). The number of aromatic nitrogens is 2. The highest BCUT2D eigenvalue weighted by atomic mass is 16.5. The number of aryl methyl sites for hydroxylation is 2. The average Bonchev–Trinajstić information content (AvgIpc) is 2.56. The zero-order valence-electron chi connectivity index (χ0n) is 13.0. The predicted octanol–water partition coefficient (Wildman–Crippen LogP) is 4.03. The summed E-state index contributed by atoms with van der Waals surface area (Å²) < 4.78 is 5.84. The Kier molecular flexibility index (Phi) is 3.05. The van der Waals surface area contributed by atoms with Crippen molar-refractivity contribution >= 4 is 0 Å². The molecule has 3 aromatic rings. The largest absolute Gasteiger partial charge is 0.488 e. The fraction of sp³-hybridized carbons (Fsp3) is 0.158. The van der Waals surface area contributed by atoms with Crippen molar-refractivity contribution in [3.05, 3.63) is 59.2 Å². The van der Waals surface area contributed by atoms with E-state index in [-0.39, 0.29) is 6.01 Å². The summed E-state index contributed by atoms with van der Waals surface area (Å²) in [5.41, 5.74) is 6.64. The van der Waals surface area contributed by atoms with Gasteiger partial charge in [-0.25, -0.2) is 0 Å². The van der Waals surface area contributed by atoms with E-state index in [0.717, 1.165) is 33.8 Å². The van der Waals surface area contributed by atoms with Gasteiger partial charge in [0.15, 0.2) is 0 Å². The van der Waals surface area contributed by atoms with E-state index in [1.165, 1.54) is 11.1 Å². The van der Waals surface area contributed by atoms with Gasteiger partial charge in [0, 0.05) is 16.7 Å². The number of aromatic hydroxyl groups is 1. The van der Waals surface area contributed by atoms with Gasteiger partial charge >= 0.3 is 6.01 Å². The van der Waals surface area contributed by atoms with Gasteiger partial charge in [0.2, 0.25) is 0 Å². The van der Waals surface area contributed by atoms with Gasteiger partial charge in [-0.1, -0.05) is 24.3 Å². The van der Waals surface area contributed by atoms with Crippen molar-refractivity contribution in [1.29, 1.82) is 0 Å². The SMILES string of the molecule is Cc1ccc(-c2nc(O)nc3c2COc2ccccc2-3)cc1C. The van der Waals surface area contributed by atoms with Crippen molar-refractivity contribution < 1.29 is 9.84 Å². The maximum atomic E-state index is 10.0. The lowest BCUT2D eigenvalue weighted by Gasteiger charge is -2.22. The number of hydrogen-bond acceptors (Lipinski definition) is 4. The Morgan fingerprint density at radius 3 is 2.57 bits per heavy atom. The Labute approximate surface area is 134 Å². The number of nitrogens with zero attached hydrogens (tertiary/aromatic N) is 2. The van der Waals surface area contributed by atoms with Crippen LogP contribution in [0.5, 0.6) is 11.8 Å². The zero-order valence-corrected chi connectivity index (χ0v) is 13.0. The summed E-state index contributed by atoms with van der Waals surface area (Å²) in [5, 5.41) is 10.0. The van der Waals surface area contributed by atoms with Crippen LogP contribution in [0.4, 0.5) is 0 Å². The van der Waals surface area contributed by atoms with E-state index in [9.17, 15) is 5.11 Å². The first-order valence-electron chi connectivity index (χ1n) is 7.53. The monoisotopic (exact) mass is 304 g/mol. The first-order chi connectivity index (χ1) is 11.1. The normalized spacial score (nSPS) is 12.3. The molecule has 0 saturated carbocycles. The fourth-order valence-electron chi connectivity index (χ4n) is 2.90. The number of ether oxygens (including phenoxy) is 1. The van der Waals surface area contributed by atoms with Crippen molar-refractivity contribution in [1.82, 2.24) is 9.97 Å². The third-order valence-corrected chi connectivity index (χ3v) is 4.29. The molecule has 114 valence electrons. The molecule has 0 bridgehead atoms. The first-order valence-corrected chi connectivity index (χ1v) is 7.53. The molecule has 2 heterocycles. The summed E-state index contributed by atoms with van der Waals surface area (Å²) in [6.07, 6.45) is 0. The van der Waals surface area contributed by atoms with Gasteiger partial charge in [-0.3, -0.25) is 0 Å². The molecule has 23 heavy (non-hydrogen) atoms. The smallest absolute Gasteiger partial charge is 0.315 e. The third kappa shape index (κ3) is 2.23. The van der Waals surface area contributed by atoms with Crippen molar-refractivity contribution in [2.45, 2.75) is 20.5 Å². The molecule has 0 spiro atoms. The molecule has 0 radical (unpaired) electrons. The summed E-state index contributed by atoms with van der Waals surface area (Å²) in [6.45, 7) is 4.54. The van der Waals surface area contributed by atoms with E-state index in [1.807, 2.05) is 30.3 Å². The highest BCUT2D eigenvalue weighted by molar-refractivity contribution is 5.78. The van der Waals surface area contributed by atoms with Gasteiger partial charge in [-0.05, 0) is 43.2 Å². The van der Waals surface area contributed by atoms with Gasteiger partial charge in [0.25, 0.3) is 0 Å². The van der Waals surface area contributed by atoms with E-state index >= 15 is 0 Å². The molecular weight excluding hydrogens is 288 g/mol. The highest BCUT2D eigenvalue weighted by Gasteiger charge is 2.24. The minimum atomic E-state index is -0.214. The number of fused-ring (bicyclic) bond motifs is 3. The molecule has 0 atom stereocenters. The number of para-hydroxylation sites is 1. The van der Waals surface area contributed by atoms with Gasteiger partial charge in [-0.2, -0.15) is 9.97 Å². The molecule has 0 amide bonds. The van der Waals surface area contributed by atoms with Crippen LogP contribution >= 0.6 is 0 Å². The maximum absolute atomic E-state index is 10.0. The highest BCUT2D eigenvalue weighted by Crippen LogP contribution is 2.40. The predicted molar refractivity (Wildman–Crippen MR) is 88.4 cm³/mol. The average molecular weight is 304 g/mol. The van der Waals surface area contributed by atoms with Crippen LogP contribution in [0.1, 0.15) is 16.7 Å².